The van der Waals surface area contributed by atoms with E-state index in [1.165, 1.54) is 0 Å². The lowest BCUT2D eigenvalue weighted by Gasteiger charge is -2.25. The van der Waals surface area contributed by atoms with Gasteiger partial charge in [-0.15, -0.1) is 0 Å². The van der Waals surface area contributed by atoms with E-state index in [1.54, 1.807) is 66.7 Å². The Morgan fingerprint density at radius 1 is 1.00 bits per heavy atom. The van der Waals surface area contributed by atoms with Gasteiger partial charge in [0.25, 0.3) is 10.0 Å². The van der Waals surface area contributed by atoms with Crippen molar-refractivity contribution >= 4 is 27.3 Å². The highest BCUT2D eigenvalue weighted by Gasteiger charge is 2.28. The van der Waals surface area contributed by atoms with Crippen LogP contribution in [0, 0.1) is 13.8 Å². The molecule has 1 N–H and O–H groups in total. The molecule has 0 radical (unpaired) electrons. The lowest BCUT2D eigenvalue weighted by Crippen LogP contribution is -2.38. The molecule has 1 amide bonds. The minimum Gasteiger partial charge on any atom is -0.490 e. The fourth-order valence-corrected chi connectivity index (χ4v) is 4.59. The normalized spacial score (nSPS) is 10.9. The van der Waals surface area contributed by atoms with Gasteiger partial charge in [-0.3, -0.25) is 9.10 Å². The Kier molecular flexibility index (Phi) is 7.33. The molecule has 0 bridgehead atoms. The summed E-state index contributed by atoms with van der Waals surface area (Å²) >= 11 is 0. The Hall–Kier alpha value is -3.58. The van der Waals surface area contributed by atoms with Gasteiger partial charge in [0.05, 0.1) is 10.6 Å². The number of benzene rings is 3. The molecule has 3 aromatic carbocycles. The van der Waals surface area contributed by atoms with Crippen LogP contribution in [-0.4, -0.2) is 27.5 Å². The average Bonchev–Trinajstić information content (AvgIpc) is 2.78. The molecule has 0 fully saturated rings. The van der Waals surface area contributed by atoms with Crippen LogP contribution in [0.2, 0.25) is 0 Å². The van der Waals surface area contributed by atoms with E-state index < -0.39 is 15.9 Å². The molecule has 0 saturated heterocycles. The molecule has 166 valence electrons. The largest absolute Gasteiger partial charge is 0.490 e. The molecular weight excluding hydrogens is 424 g/mol. The molecule has 0 heterocycles. The van der Waals surface area contributed by atoms with Crippen molar-refractivity contribution in [1.82, 2.24) is 0 Å². The number of para-hydroxylation sites is 1. The number of hydrogen-bond acceptors (Lipinski definition) is 4. The van der Waals surface area contributed by atoms with Crippen LogP contribution in [0.15, 0.2) is 90.3 Å². The zero-order valence-corrected chi connectivity index (χ0v) is 18.9. The Balaban J connectivity index is 1.86. The number of hydrogen-bond donors (Lipinski definition) is 1. The van der Waals surface area contributed by atoms with Crippen LogP contribution < -0.4 is 14.4 Å². The molecule has 0 aromatic heterocycles. The molecule has 7 heteroatoms. The lowest BCUT2D eigenvalue weighted by atomic mass is 10.2. The van der Waals surface area contributed by atoms with Gasteiger partial charge >= 0.3 is 0 Å². The van der Waals surface area contributed by atoms with Gasteiger partial charge in [-0.1, -0.05) is 48.6 Å². The second-order valence-corrected chi connectivity index (χ2v) is 9.15. The third-order valence-corrected chi connectivity index (χ3v) is 6.56. The van der Waals surface area contributed by atoms with Crippen LogP contribution in [0.1, 0.15) is 11.1 Å². The van der Waals surface area contributed by atoms with E-state index in [2.05, 4.69) is 11.9 Å². The second kappa shape index (κ2) is 10.2. The fourth-order valence-electron chi connectivity index (χ4n) is 3.10. The Labute approximate surface area is 189 Å². The summed E-state index contributed by atoms with van der Waals surface area (Å²) in [5.41, 5.74) is 2.69. The number of ether oxygens (including phenoxy) is 1. The zero-order chi connectivity index (χ0) is 23.1. The molecule has 32 heavy (non-hydrogen) atoms. The van der Waals surface area contributed by atoms with Gasteiger partial charge in [0.1, 0.15) is 18.9 Å². The third-order valence-electron chi connectivity index (χ3n) is 4.79. The summed E-state index contributed by atoms with van der Waals surface area (Å²) in [6, 6.07) is 20.5. The molecule has 3 aromatic rings. The smallest absolute Gasteiger partial charge is 0.264 e. The fraction of sp³-hybridized carbons (Fsp3) is 0.160. The molecule has 0 saturated carbocycles. The maximum atomic E-state index is 13.5. The Morgan fingerprint density at radius 2 is 1.66 bits per heavy atom. The first-order valence-electron chi connectivity index (χ1n) is 10.1. The number of aryl methyl sites for hydroxylation is 2. The summed E-state index contributed by atoms with van der Waals surface area (Å²) in [7, 11) is -3.95. The van der Waals surface area contributed by atoms with Crippen molar-refractivity contribution in [1.29, 1.82) is 0 Å². The molecule has 3 rings (SSSR count). The van der Waals surface area contributed by atoms with Gasteiger partial charge in [-0.2, -0.15) is 0 Å². The lowest BCUT2D eigenvalue weighted by molar-refractivity contribution is -0.114. The van der Waals surface area contributed by atoms with Gasteiger partial charge in [-0.05, 0) is 61.9 Å². The number of carbonyl (C=O) groups is 1. The van der Waals surface area contributed by atoms with E-state index >= 15 is 0 Å². The average molecular weight is 451 g/mol. The highest BCUT2D eigenvalue weighted by molar-refractivity contribution is 7.92. The van der Waals surface area contributed by atoms with Crippen LogP contribution >= 0.6 is 0 Å². The van der Waals surface area contributed by atoms with Crippen LogP contribution in [0.3, 0.4) is 0 Å². The Bertz CT molecular complexity index is 1190. The van der Waals surface area contributed by atoms with Gasteiger partial charge in [0, 0.05) is 5.69 Å². The first-order chi connectivity index (χ1) is 15.3. The molecule has 0 atom stereocenters. The molecule has 0 aliphatic rings. The third kappa shape index (κ3) is 5.56. The maximum Gasteiger partial charge on any atom is 0.264 e. The topological polar surface area (TPSA) is 75.7 Å². The van der Waals surface area contributed by atoms with Crippen molar-refractivity contribution in [3.63, 3.8) is 0 Å². The molecule has 0 spiro atoms. The van der Waals surface area contributed by atoms with Gasteiger partial charge in [0.2, 0.25) is 5.91 Å². The van der Waals surface area contributed by atoms with Crippen molar-refractivity contribution in [3.8, 4) is 5.75 Å². The first kappa shape index (κ1) is 23.1. The standard InChI is InChI=1S/C25H26N2O4S/c1-4-17-31-22-13-11-21(12-14-22)26-25(28)18-27(24-8-6-5-7-20(24)3)32(29,30)23-15-9-19(2)10-16-23/h4-16H,1,17-18H2,2-3H3,(H,26,28). The first-order valence-corrected chi connectivity index (χ1v) is 11.5. The number of anilines is 2. The zero-order valence-electron chi connectivity index (χ0n) is 18.1. The Morgan fingerprint density at radius 3 is 2.28 bits per heavy atom. The van der Waals surface area contributed by atoms with E-state index in [9.17, 15) is 13.2 Å². The number of rotatable bonds is 9. The van der Waals surface area contributed by atoms with E-state index in [0.717, 1.165) is 15.4 Å². The number of carbonyl (C=O) groups excluding carboxylic acids is 1. The van der Waals surface area contributed by atoms with Crippen molar-refractivity contribution in [2.45, 2.75) is 18.7 Å². The van der Waals surface area contributed by atoms with Gasteiger partial charge in [-0.25, -0.2) is 8.42 Å². The highest BCUT2D eigenvalue weighted by Crippen LogP contribution is 2.27. The van der Waals surface area contributed by atoms with Crippen molar-refractivity contribution < 1.29 is 17.9 Å². The van der Waals surface area contributed by atoms with E-state index in [0.29, 0.717) is 23.7 Å². The summed E-state index contributed by atoms with van der Waals surface area (Å²) in [5, 5.41) is 2.76. The van der Waals surface area contributed by atoms with Gasteiger partial charge in [0.15, 0.2) is 0 Å². The van der Waals surface area contributed by atoms with Crippen molar-refractivity contribution in [2.75, 3.05) is 22.8 Å². The number of nitrogens with one attached hydrogen (secondary N) is 1. The van der Waals surface area contributed by atoms with Crippen LogP contribution in [0.5, 0.6) is 5.75 Å². The summed E-state index contributed by atoms with van der Waals surface area (Å²) < 4.78 is 33.5. The molecule has 6 nitrogen and oxygen atoms in total. The molecule has 0 unspecified atom stereocenters. The number of amides is 1. The van der Waals surface area contributed by atoms with Crippen molar-refractivity contribution in [2.24, 2.45) is 0 Å². The summed E-state index contributed by atoms with van der Waals surface area (Å²) in [6.45, 7) is 7.32. The van der Waals surface area contributed by atoms with Crippen molar-refractivity contribution in [3.05, 3.63) is 96.6 Å². The maximum absolute atomic E-state index is 13.5. The minimum atomic E-state index is -3.95. The predicted octanol–water partition coefficient (Wildman–Crippen LogP) is 4.70. The molecular formula is C25H26N2O4S. The van der Waals surface area contributed by atoms with E-state index in [4.69, 9.17) is 4.74 Å². The predicted molar refractivity (Wildman–Crippen MR) is 128 cm³/mol. The second-order valence-electron chi connectivity index (χ2n) is 7.28. The van der Waals surface area contributed by atoms with Gasteiger partial charge < -0.3 is 10.1 Å². The van der Waals surface area contributed by atoms with E-state index in [1.807, 2.05) is 26.0 Å². The highest BCUT2D eigenvalue weighted by atomic mass is 32.2. The summed E-state index contributed by atoms with van der Waals surface area (Å²) in [6.07, 6.45) is 1.64. The SMILES string of the molecule is C=CCOc1ccc(NC(=O)CN(c2ccccc2C)S(=O)(=O)c2ccc(C)cc2)cc1. The number of nitrogens with zero attached hydrogens (tertiary/aromatic N) is 1. The van der Waals surface area contributed by atoms with Crippen LogP contribution in [0.25, 0.3) is 0 Å². The molecule has 0 aliphatic carbocycles. The van der Waals surface area contributed by atoms with Crippen LogP contribution in [0.4, 0.5) is 11.4 Å². The number of sulfonamides is 1. The summed E-state index contributed by atoms with van der Waals surface area (Å²) in [5.74, 6) is 0.190. The van der Waals surface area contributed by atoms with E-state index in [-0.39, 0.29) is 11.4 Å². The molecule has 0 aliphatic heterocycles. The monoisotopic (exact) mass is 450 g/mol. The van der Waals surface area contributed by atoms with Crippen LogP contribution in [-0.2, 0) is 14.8 Å². The summed E-state index contributed by atoms with van der Waals surface area (Å²) in [4.78, 5) is 13.0. The quantitative estimate of drug-likeness (QED) is 0.480. The minimum absolute atomic E-state index is 0.128.